The molecule has 4 nitrogen and oxygen atoms in total. The van der Waals surface area contributed by atoms with Gasteiger partial charge >= 0.3 is 0 Å². The van der Waals surface area contributed by atoms with Crippen molar-refractivity contribution in [3.63, 3.8) is 0 Å². The molecule has 1 atom stereocenters. The summed E-state index contributed by atoms with van der Waals surface area (Å²) < 4.78 is 0. The van der Waals surface area contributed by atoms with E-state index >= 15 is 0 Å². The van der Waals surface area contributed by atoms with Crippen molar-refractivity contribution in [2.24, 2.45) is 0 Å². The molecular weight excluding hydrogens is 350 g/mol. The summed E-state index contributed by atoms with van der Waals surface area (Å²) in [6, 6.07) is 6.37. The number of carbonyl (C=O) groups is 1. The molecule has 0 aliphatic rings. The molecule has 0 bridgehead atoms. The van der Waals surface area contributed by atoms with Gasteiger partial charge in [0, 0.05) is 10.8 Å². The van der Waals surface area contributed by atoms with E-state index in [9.17, 15) is 4.79 Å². The number of pyridine rings is 1. The minimum absolute atomic E-state index is 0.0560. The maximum atomic E-state index is 12.4. The molecule has 1 aromatic carbocycles. The Bertz CT molecular complexity index is 949. The average molecular weight is 372 g/mol. The second kappa shape index (κ2) is 7.14. The van der Waals surface area contributed by atoms with E-state index in [1.807, 2.05) is 19.2 Å². The van der Waals surface area contributed by atoms with E-state index < -0.39 is 0 Å². The number of fused-ring (bicyclic) bond motifs is 1. The van der Waals surface area contributed by atoms with Gasteiger partial charge in [0.25, 0.3) is 0 Å². The van der Waals surface area contributed by atoms with Crippen molar-refractivity contribution in [3.05, 3.63) is 46.0 Å². The van der Waals surface area contributed by atoms with Crippen molar-refractivity contribution in [2.45, 2.75) is 44.9 Å². The van der Waals surface area contributed by atoms with Crippen LogP contribution >= 0.6 is 23.1 Å². The van der Waals surface area contributed by atoms with Gasteiger partial charge in [-0.15, -0.1) is 11.3 Å². The largest absolute Gasteiger partial charge is 0.301 e. The Morgan fingerprint density at radius 1 is 1.12 bits per heavy atom. The molecule has 0 aliphatic heterocycles. The highest BCUT2D eigenvalue weighted by molar-refractivity contribution is 8.00. The van der Waals surface area contributed by atoms with Crippen molar-refractivity contribution in [3.8, 4) is 0 Å². The summed E-state index contributed by atoms with van der Waals surface area (Å²) in [5.41, 5.74) is 5.51. The first kappa shape index (κ1) is 17.9. The second-order valence-electron chi connectivity index (χ2n) is 6.30. The van der Waals surface area contributed by atoms with Gasteiger partial charge in [-0.3, -0.25) is 4.79 Å². The van der Waals surface area contributed by atoms with E-state index in [-0.39, 0.29) is 11.2 Å². The molecule has 0 saturated heterocycles. The van der Waals surface area contributed by atoms with E-state index in [2.05, 4.69) is 49.3 Å². The zero-order valence-corrected chi connectivity index (χ0v) is 16.6. The van der Waals surface area contributed by atoms with Crippen LogP contribution in [0.25, 0.3) is 10.9 Å². The quantitative estimate of drug-likeness (QED) is 0.653. The molecular formula is C19H21N3OS2. The van der Waals surface area contributed by atoms with Crippen LogP contribution in [0.5, 0.6) is 0 Å². The Morgan fingerprint density at radius 2 is 1.88 bits per heavy atom. The smallest absolute Gasteiger partial charge is 0.239 e. The Hall–Kier alpha value is -1.92. The SMILES string of the molecule is Cc1cc(C)c2nc(SC(C)C(=O)Nc3nc(C)cs3)cc(C)c2c1. The first-order chi connectivity index (χ1) is 11.8. The molecule has 1 unspecified atom stereocenters. The number of nitrogens with one attached hydrogen (secondary N) is 1. The Balaban J connectivity index is 1.81. The molecule has 6 heteroatoms. The van der Waals surface area contributed by atoms with Crippen LogP contribution in [-0.4, -0.2) is 21.1 Å². The number of benzene rings is 1. The molecule has 2 heterocycles. The molecule has 0 radical (unpaired) electrons. The predicted octanol–water partition coefficient (Wildman–Crippen LogP) is 5.04. The van der Waals surface area contributed by atoms with Crippen molar-refractivity contribution >= 4 is 45.0 Å². The number of thioether (sulfide) groups is 1. The summed E-state index contributed by atoms with van der Waals surface area (Å²) in [5.74, 6) is -0.0560. The Labute approximate surface area is 156 Å². The lowest BCUT2D eigenvalue weighted by molar-refractivity contribution is -0.115. The van der Waals surface area contributed by atoms with Crippen LogP contribution in [0.4, 0.5) is 5.13 Å². The van der Waals surface area contributed by atoms with E-state index in [1.165, 1.54) is 39.6 Å². The number of carbonyl (C=O) groups excluding carboxylic acids is 1. The van der Waals surface area contributed by atoms with Gasteiger partial charge in [0.2, 0.25) is 5.91 Å². The van der Waals surface area contributed by atoms with Gasteiger partial charge < -0.3 is 5.32 Å². The summed E-state index contributed by atoms with van der Waals surface area (Å²) >= 11 is 2.91. The number of amides is 1. The van der Waals surface area contributed by atoms with Gasteiger partial charge in [0.15, 0.2) is 5.13 Å². The third-order valence-corrected chi connectivity index (χ3v) is 5.84. The van der Waals surface area contributed by atoms with Gasteiger partial charge in [-0.2, -0.15) is 0 Å². The maximum absolute atomic E-state index is 12.4. The molecule has 3 aromatic rings. The maximum Gasteiger partial charge on any atom is 0.239 e. The second-order valence-corrected chi connectivity index (χ2v) is 8.52. The number of anilines is 1. The lowest BCUT2D eigenvalue weighted by Gasteiger charge is -2.13. The first-order valence-corrected chi connectivity index (χ1v) is 9.87. The van der Waals surface area contributed by atoms with Crippen molar-refractivity contribution in [1.82, 2.24) is 9.97 Å². The Kier molecular flexibility index (Phi) is 5.11. The topological polar surface area (TPSA) is 54.9 Å². The van der Waals surface area contributed by atoms with Gasteiger partial charge in [0.05, 0.1) is 21.5 Å². The highest BCUT2D eigenvalue weighted by Gasteiger charge is 2.17. The Morgan fingerprint density at radius 3 is 2.56 bits per heavy atom. The molecule has 2 aromatic heterocycles. The van der Waals surface area contributed by atoms with Gasteiger partial charge in [-0.05, 0) is 57.9 Å². The molecule has 0 fully saturated rings. The number of aromatic nitrogens is 2. The average Bonchev–Trinajstić information content (AvgIpc) is 2.93. The number of thiazole rings is 1. The highest BCUT2D eigenvalue weighted by Crippen LogP contribution is 2.29. The standard InChI is InChI=1S/C19H21N3OS2/c1-10-6-12(3)17-15(7-10)11(2)8-16(21-17)25-14(5)18(23)22-19-20-13(4)9-24-19/h6-9,14H,1-5H3,(H,20,22,23). The summed E-state index contributed by atoms with van der Waals surface area (Å²) in [6.07, 6.45) is 0. The van der Waals surface area contributed by atoms with E-state index in [4.69, 9.17) is 4.98 Å². The third-order valence-electron chi connectivity index (χ3n) is 3.95. The molecule has 3 rings (SSSR count). The van der Waals surface area contributed by atoms with E-state index in [0.717, 1.165) is 21.8 Å². The number of nitrogens with zero attached hydrogens (tertiary/aromatic N) is 2. The zero-order valence-electron chi connectivity index (χ0n) is 15.0. The summed E-state index contributed by atoms with van der Waals surface area (Å²) in [6.45, 7) is 10.1. The molecule has 25 heavy (non-hydrogen) atoms. The first-order valence-electron chi connectivity index (χ1n) is 8.11. The van der Waals surface area contributed by atoms with Crippen molar-refractivity contribution in [2.75, 3.05) is 5.32 Å². The fourth-order valence-corrected chi connectivity index (χ4v) is 4.34. The lowest BCUT2D eigenvalue weighted by atomic mass is 10.0. The number of hydrogen-bond acceptors (Lipinski definition) is 5. The lowest BCUT2D eigenvalue weighted by Crippen LogP contribution is -2.22. The predicted molar refractivity (Wildman–Crippen MR) is 107 cm³/mol. The van der Waals surface area contributed by atoms with Crippen LogP contribution in [0, 0.1) is 27.7 Å². The van der Waals surface area contributed by atoms with E-state index in [1.54, 1.807) is 0 Å². The summed E-state index contributed by atoms with van der Waals surface area (Å²) in [4.78, 5) is 21.4. The summed E-state index contributed by atoms with van der Waals surface area (Å²) in [7, 11) is 0. The number of hydrogen-bond donors (Lipinski definition) is 1. The van der Waals surface area contributed by atoms with Crippen LogP contribution < -0.4 is 5.32 Å². The van der Waals surface area contributed by atoms with Crippen LogP contribution in [0.1, 0.15) is 29.3 Å². The van der Waals surface area contributed by atoms with Gasteiger partial charge in [-0.25, -0.2) is 9.97 Å². The highest BCUT2D eigenvalue weighted by atomic mass is 32.2. The number of aryl methyl sites for hydroxylation is 4. The third kappa shape index (κ3) is 4.02. The molecule has 0 aliphatic carbocycles. The fraction of sp³-hybridized carbons (Fsp3) is 0.316. The minimum atomic E-state index is -0.251. The zero-order chi connectivity index (χ0) is 18.1. The molecule has 130 valence electrons. The molecule has 1 amide bonds. The van der Waals surface area contributed by atoms with Crippen molar-refractivity contribution in [1.29, 1.82) is 0 Å². The molecule has 0 saturated carbocycles. The van der Waals surface area contributed by atoms with Gasteiger partial charge in [0.1, 0.15) is 0 Å². The monoisotopic (exact) mass is 371 g/mol. The summed E-state index contributed by atoms with van der Waals surface area (Å²) in [5, 5.41) is 7.24. The van der Waals surface area contributed by atoms with Crippen LogP contribution in [-0.2, 0) is 4.79 Å². The van der Waals surface area contributed by atoms with Crippen LogP contribution in [0.15, 0.2) is 28.6 Å². The number of rotatable bonds is 4. The minimum Gasteiger partial charge on any atom is -0.301 e. The van der Waals surface area contributed by atoms with Gasteiger partial charge in [-0.1, -0.05) is 23.4 Å². The fourth-order valence-electron chi connectivity index (χ4n) is 2.73. The van der Waals surface area contributed by atoms with Crippen LogP contribution in [0.3, 0.4) is 0 Å². The van der Waals surface area contributed by atoms with Crippen LogP contribution in [0.2, 0.25) is 0 Å². The van der Waals surface area contributed by atoms with Crippen molar-refractivity contribution < 1.29 is 4.79 Å². The molecule has 0 spiro atoms. The van der Waals surface area contributed by atoms with E-state index in [0.29, 0.717) is 5.13 Å². The normalized spacial score (nSPS) is 12.4. The molecule has 1 N–H and O–H groups in total.